The fourth-order valence-electron chi connectivity index (χ4n) is 3.25. The monoisotopic (exact) mass is 442 g/mol. The van der Waals surface area contributed by atoms with E-state index in [-0.39, 0.29) is 16.7 Å². The molecule has 1 amide bonds. The molecule has 1 fully saturated rings. The molecule has 0 aromatic heterocycles. The van der Waals surface area contributed by atoms with Gasteiger partial charge in [-0.05, 0) is 57.4 Å². The summed E-state index contributed by atoms with van der Waals surface area (Å²) in [7, 11) is -3.58. The van der Waals surface area contributed by atoms with Crippen LogP contribution in [-0.4, -0.2) is 71.3 Å². The molecule has 8 nitrogen and oxygen atoms in total. The highest BCUT2D eigenvalue weighted by Crippen LogP contribution is 2.25. The zero-order chi connectivity index (χ0) is 21.8. The van der Waals surface area contributed by atoms with E-state index >= 15 is 0 Å². The third-order valence-corrected chi connectivity index (χ3v) is 6.87. The van der Waals surface area contributed by atoms with Crippen molar-refractivity contribution >= 4 is 15.9 Å². The van der Waals surface area contributed by atoms with E-state index in [1.807, 2.05) is 13.8 Å². The molecule has 30 heavy (non-hydrogen) atoms. The summed E-state index contributed by atoms with van der Waals surface area (Å²) in [6.45, 7) is 7.95. The number of carbonyl (C=O) groups is 1. The van der Waals surface area contributed by atoms with Gasteiger partial charge in [0.15, 0.2) is 0 Å². The van der Waals surface area contributed by atoms with Gasteiger partial charge in [-0.25, -0.2) is 8.42 Å². The highest BCUT2D eigenvalue weighted by Gasteiger charge is 2.31. The van der Waals surface area contributed by atoms with Crippen LogP contribution < -0.4 is 10.1 Å². The largest absolute Gasteiger partial charge is 0.491 e. The van der Waals surface area contributed by atoms with Crippen LogP contribution in [-0.2, 0) is 24.3 Å². The van der Waals surface area contributed by atoms with E-state index in [2.05, 4.69) is 5.32 Å². The molecule has 1 aromatic carbocycles. The summed E-state index contributed by atoms with van der Waals surface area (Å²) >= 11 is 0. The minimum atomic E-state index is -3.58. The number of nitrogens with zero attached hydrogens (tertiary/aromatic N) is 1. The van der Waals surface area contributed by atoms with Crippen LogP contribution in [0.5, 0.6) is 5.75 Å². The summed E-state index contributed by atoms with van der Waals surface area (Å²) in [6, 6.07) is 6.42. The molecular formula is C21H34N2O6S. The second-order valence-corrected chi connectivity index (χ2v) is 8.97. The lowest BCUT2D eigenvalue weighted by Gasteiger charge is -2.30. The molecule has 2 rings (SSSR count). The minimum Gasteiger partial charge on any atom is -0.491 e. The maximum Gasteiger partial charge on any atom is 0.243 e. The predicted octanol–water partition coefficient (Wildman–Crippen LogP) is 2.05. The first-order valence-corrected chi connectivity index (χ1v) is 12.1. The number of sulfonamides is 1. The van der Waals surface area contributed by atoms with Crippen molar-refractivity contribution in [1.29, 1.82) is 0 Å². The number of hydrogen-bond acceptors (Lipinski definition) is 6. The molecule has 1 saturated heterocycles. The van der Waals surface area contributed by atoms with Crippen LogP contribution in [0, 0.1) is 5.92 Å². The second kappa shape index (κ2) is 12.9. The number of carbonyl (C=O) groups excluding carboxylic acids is 1. The third-order valence-electron chi connectivity index (χ3n) is 4.96. The lowest BCUT2D eigenvalue weighted by molar-refractivity contribution is -0.126. The maximum atomic E-state index is 12.9. The molecule has 0 spiro atoms. The van der Waals surface area contributed by atoms with Crippen molar-refractivity contribution in [3.63, 3.8) is 0 Å². The van der Waals surface area contributed by atoms with E-state index in [1.54, 1.807) is 24.3 Å². The molecule has 0 bridgehead atoms. The van der Waals surface area contributed by atoms with Gasteiger partial charge in [-0.3, -0.25) is 4.79 Å². The van der Waals surface area contributed by atoms with Crippen molar-refractivity contribution in [3.05, 3.63) is 24.3 Å². The number of rotatable bonds is 13. The first kappa shape index (κ1) is 24.6. The van der Waals surface area contributed by atoms with Crippen molar-refractivity contribution in [3.8, 4) is 5.75 Å². The Hall–Kier alpha value is -1.68. The van der Waals surface area contributed by atoms with Crippen molar-refractivity contribution in [1.82, 2.24) is 9.62 Å². The van der Waals surface area contributed by atoms with Crippen LogP contribution >= 0.6 is 0 Å². The summed E-state index contributed by atoms with van der Waals surface area (Å²) < 4.78 is 43.2. The maximum absolute atomic E-state index is 12.9. The van der Waals surface area contributed by atoms with Gasteiger partial charge in [-0.15, -0.1) is 0 Å². The van der Waals surface area contributed by atoms with Gasteiger partial charge in [0, 0.05) is 45.4 Å². The van der Waals surface area contributed by atoms with E-state index in [0.717, 1.165) is 6.42 Å². The summed E-state index contributed by atoms with van der Waals surface area (Å²) in [6.07, 6.45) is 1.82. The highest BCUT2D eigenvalue weighted by atomic mass is 32.2. The van der Waals surface area contributed by atoms with Gasteiger partial charge in [0.25, 0.3) is 0 Å². The van der Waals surface area contributed by atoms with Gasteiger partial charge in [0.05, 0.1) is 11.5 Å². The zero-order valence-electron chi connectivity index (χ0n) is 18.0. The number of benzene rings is 1. The average molecular weight is 443 g/mol. The standard InChI is InChI=1S/C21H34N2O6S/c1-3-27-15-5-12-22-21(24)18-10-13-23(14-11-18)30(25,26)20-8-6-19(7-9-20)29-17-16-28-4-2/h6-9,18H,3-5,10-17H2,1-2H3,(H,22,24). The Morgan fingerprint density at radius 2 is 1.67 bits per heavy atom. The lowest BCUT2D eigenvalue weighted by atomic mass is 9.97. The molecule has 1 N–H and O–H groups in total. The minimum absolute atomic E-state index is 0.00268. The molecule has 0 saturated carbocycles. The Kier molecular flexibility index (Phi) is 10.6. The van der Waals surface area contributed by atoms with Crippen LogP contribution in [0.25, 0.3) is 0 Å². The topological polar surface area (TPSA) is 94.2 Å². The van der Waals surface area contributed by atoms with E-state index in [1.165, 1.54) is 4.31 Å². The van der Waals surface area contributed by atoms with Gasteiger partial charge < -0.3 is 19.5 Å². The Labute approximate surface area is 179 Å². The van der Waals surface area contributed by atoms with Gasteiger partial charge in [0.2, 0.25) is 15.9 Å². The molecule has 1 heterocycles. The van der Waals surface area contributed by atoms with Crippen LogP contribution in [0.15, 0.2) is 29.2 Å². The summed E-state index contributed by atoms with van der Waals surface area (Å²) in [4.78, 5) is 12.5. The van der Waals surface area contributed by atoms with E-state index in [9.17, 15) is 13.2 Å². The molecule has 0 unspecified atom stereocenters. The normalized spacial score (nSPS) is 15.8. The van der Waals surface area contributed by atoms with Crippen molar-refractivity contribution in [2.75, 3.05) is 52.7 Å². The first-order chi connectivity index (χ1) is 14.5. The molecule has 1 aliphatic heterocycles. The quantitative estimate of drug-likeness (QED) is 0.470. The van der Waals surface area contributed by atoms with Gasteiger partial charge in [0.1, 0.15) is 12.4 Å². The smallest absolute Gasteiger partial charge is 0.243 e. The van der Waals surface area contributed by atoms with Crippen LogP contribution in [0.3, 0.4) is 0 Å². The third kappa shape index (κ3) is 7.54. The molecule has 0 radical (unpaired) electrons. The SMILES string of the molecule is CCOCCCNC(=O)C1CCN(S(=O)(=O)c2ccc(OCCOCC)cc2)CC1. The number of amides is 1. The Morgan fingerprint density at radius 1 is 1.03 bits per heavy atom. The lowest BCUT2D eigenvalue weighted by Crippen LogP contribution is -2.43. The molecule has 9 heteroatoms. The number of hydrogen-bond donors (Lipinski definition) is 1. The highest BCUT2D eigenvalue weighted by molar-refractivity contribution is 7.89. The number of nitrogens with one attached hydrogen (secondary N) is 1. The number of piperidine rings is 1. The zero-order valence-corrected chi connectivity index (χ0v) is 18.8. The van der Waals surface area contributed by atoms with E-state index in [4.69, 9.17) is 14.2 Å². The van der Waals surface area contributed by atoms with E-state index < -0.39 is 10.0 Å². The van der Waals surface area contributed by atoms with Gasteiger partial charge in [-0.2, -0.15) is 4.31 Å². The van der Waals surface area contributed by atoms with Gasteiger partial charge >= 0.3 is 0 Å². The molecule has 1 aromatic rings. The molecule has 170 valence electrons. The molecular weight excluding hydrogens is 408 g/mol. The fourth-order valence-corrected chi connectivity index (χ4v) is 4.72. The average Bonchev–Trinajstić information content (AvgIpc) is 2.77. The van der Waals surface area contributed by atoms with Crippen LogP contribution in [0.2, 0.25) is 0 Å². The van der Waals surface area contributed by atoms with Crippen molar-refractivity contribution < 1.29 is 27.4 Å². The summed E-state index contributed by atoms with van der Waals surface area (Å²) in [5.41, 5.74) is 0. The van der Waals surface area contributed by atoms with E-state index in [0.29, 0.717) is 71.3 Å². The van der Waals surface area contributed by atoms with Crippen LogP contribution in [0.4, 0.5) is 0 Å². The summed E-state index contributed by atoms with van der Waals surface area (Å²) in [5.74, 6) is 0.454. The van der Waals surface area contributed by atoms with Crippen molar-refractivity contribution in [2.24, 2.45) is 5.92 Å². The van der Waals surface area contributed by atoms with Gasteiger partial charge in [-0.1, -0.05) is 0 Å². The van der Waals surface area contributed by atoms with Crippen LogP contribution in [0.1, 0.15) is 33.1 Å². The summed E-state index contributed by atoms with van der Waals surface area (Å²) in [5, 5.41) is 2.92. The molecule has 1 aliphatic rings. The Bertz CT molecular complexity index is 730. The fraction of sp³-hybridized carbons (Fsp3) is 0.667. The second-order valence-electron chi connectivity index (χ2n) is 7.04. The molecule has 0 aliphatic carbocycles. The first-order valence-electron chi connectivity index (χ1n) is 10.6. The van der Waals surface area contributed by atoms with Crippen molar-refractivity contribution in [2.45, 2.75) is 38.0 Å². The number of ether oxygens (including phenoxy) is 3. The molecule has 0 atom stereocenters. The Morgan fingerprint density at radius 3 is 2.30 bits per heavy atom. The predicted molar refractivity (Wildman–Crippen MR) is 114 cm³/mol. The Balaban J connectivity index is 1.80.